The van der Waals surface area contributed by atoms with Crippen molar-refractivity contribution in [2.24, 2.45) is 5.92 Å². The van der Waals surface area contributed by atoms with Gasteiger partial charge in [0.2, 0.25) is 0 Å². The Balaban J connectivity index is 1.72. The average molecular weight is 351 g/mol. The molecule has 1 amide bonds. The van der Waals surface area contributed by atoms with Gasteiger partial charge in [-0.1, -0.05) is 0 Å². The van der Waals surface area contributed by atoms with Gasteiger partial charge in [0.05, 0.1) is 11.9 Å². The lowest BCUT2D eigenvalue weighted by molar-refractivity contribution is -0.182. The molecule has 2 aromatic heterocycles. The fourth-order valence-electron chi connectivity index (χ4n) is 3.29. The maximum atomic E-state index is 13.1. The molecule has 25 heavy (non-hydrogen) atoms. The van der Waals surface area contributed by atoms with Crippen LogP contribution in [0.4, 0.5) is 13.2 Å². The summed E-state index contributed by atoms with van der Waals surface area (Å²) < 4.78 is 40.7. The van der Waals surface area contributed by atoms with Gasteiger partial charge in [0.1, 0.15) is 5.54 Å². The first kappa shape index (κ1) is 16.0. The highest BCUT2D eigenvalue weighted by Crippen LogP contribution is 2.57. The molecule has 1 saturated carbocycles. The molecule has 2 aliphatic carbocycles. The first-order chi connectivity index (χ1) is 11.7. The standard InChI is InChI=1S/C16H16F3N5O/c1-15(2,16(17,18)19)22-14(25)12-10-6-8-5-9(8)13(10)24(23-12)11-7-20-3-4-21-11/h3-4,7-9H,5-6H2,1-2H3,(H,22,25)/t8?,9-/m1/s1. The number of hydrogen-bond donors (Lipinski definition) is 1. The van der Waals surface area contributed by atoms with Gasteiger partial charge in [-0.25, -0.2) is 9.67 Å². The van der Waals surface area contributed by atoms with Crippen LogP contribution in [0.25, 0.3) is 5.82 Å². The predicted molar refractivity (Wildman–Crippen MR) is 81.3 cm³/mol. The third kappa shape index (κ3) is 2.49. The molecule has 6 nitrogen and oxygen atoms in total. The number of alkyl halides is 3. The summed E-state index contributed by atoms with van der Waals surface area (Å²) in [5, 5.41) is 6.34. The van der Waals surface area contributed by atoms with Crippen LogP contribution in [-0.2, 0) is 6.42 Å². The fourth-order valence-corrected chi connectivity index (χ4v) is 3.29. The SMILES string of the molecule is CC(C)(NC(=O)c1nn(-c2cnccn2)c2c1CC1C[C@@H]21)C(F)(F)F. The number of carbonyl (C=O) groups is 1. The van der Waals surface area contributed by atoms with E-state index in [0.29, 0.717) is 24.1 Å². The van der Waals surface area contributed by atoms with E-state index in [9.17, 15) is 18.0 Å². The van der Waals surface area contributed by atoms with Gasteiger partial charge in [0, 0.05) is 23.9 Å². The molecule has 2 aromatic rings. The number of amides is 1. The number of rotatable bonds is 3. The molecule has 9 heteroatoms. The molecule has 1 unspecified atom stereocenters. The summed E-state index contributed by atoms with van der Waals surface area (Å²) in [4.78, 5) is 20.7. The lowest BCUT2D eigenvalue weighted by Crippen LogP contribution is -2.54. The Morgan fingerprint density at radius 1 is 1.32 bits per heavy atom. The van der Waals surface area contributed by atoms with Crippen LogP contribution in [0.1, 0.15) is 47.9 Å². The smallest absolute Gasteiger partial charge is 0.337 e. The molecule has 2 heterocycles. The Labute approximate surface area is 141 Å². The second-order valence-electron chi connectivity index (χ2n) is 7.07. The maximum absolute atomic E-state index is 13.1. The third-order valence-corrected chi connectivity index (χ3v) is 4.88. The molecule has 1 N–H and O–H groups in total. The van der Waals surface area contributed by atoms with Crippen molar-refractivity contribution in [1.82, 2.24) is 25.1 Å². The lowest BCUT2D eigenvalue weighted by atomic mass is 10.0. The minimum atomic E-state index is -4.55. The second-order valence-corrected chi connectivity index (χ2v) is 7.07. The summed E-state index contributed by atoms with van der Waals surface area (Å²) in [6, 6.07) is 0. The third-order valence-electron chi connectivity index (χ3n) is 4.88. The summed E-state index contributed by atoms with van der Waals surface area (Å²) in [5.41, 5.74) is -0.692. The van der Waals surface area contributed by atoms with Gasteiger partial charge in [0.15, 0.2) is 11.5 Å². The Kier molecular flexibility index (Phi) is 3.23. The number of carbonyl (C=O) groups excluding carboxylic acids is 1. The van der Waals surface area contributed by atoms with Gasteiger partial charge in [-0.05, 0) is 32.6 Å². The first-order valence-corrected chi connectivity index (χ1v) is 7.96. The highest BCUT2D eigenvalue weighted by Gasteiger charge is 2.52. The highest BCUT2D eigenvalue weighted by molar-refractivity contribution is 5.95. The molecular formula is C16H16F3N5O. The van der Waals surface area contributed by atoms with Crippen molar-refractivity contribution in [3.63, 3.8) is 0 Å². The summed E-state index contributed by atoms with van der Waals surface area (Å²) in [6.45, 7) is 1.87. The van der Waals surface area contributed by atoms with E-state index in [4.69, 9.17) is 0 Å². The van der Waals surface area contributed by atoms with Gasteiger partial charge >= 0.3 is 6.18 Å². The summed E-state index contributed by atoms with van der Waals surface area (Å²) in [6.07, 6.45) is 1.66. The summed E-state index contributed by atoms with van der Waals surface area (Å²) in [7, 11) is 0. The first-order valence-electron chi connectivity index (χ1n) is 7.96. The van der Waals surface area contributed by atoms with Crippen molar-refractivity contribution in [1.29, 1.82) is 0 Å². The average Bonchev–Trinajstić information content (AvgIpc) is 3.02. The van der Waals surface area contributed by atoms with Crippen molar-refractivity contribution in [3.05, 3.63) is 35.5 Å². The topological polar surface area (TPSA) is 72.7 Å². The van der Waals surface area contributed by atoms with Gasteiger partial charge in [0.25, 0.3) is 5.91 Å². The monoisotopic (exact) mass is 351 g/mol. The number of nitrogens with one attached hydrogen (secondary N) is 1. The minimum Gasteiger partial charge on any atom is -0.337 e. The van der Waals surface area contributed by atoms with Gasteiger partial charge in [-0.2, -0.15) is 18.3 Å². The van der Waals surface area contributed by atoms with Crippen LogP contribution in [-0.4, -0.2) is 37.4 Å². The van der Waals surface area contributed by atoms with E-state index in [-0.39, 0.29) is 5.69 Å². The van der Waals surface area contributed by atoms with Crippen LogP contribution in [0.5, 0.6) is 0 Å². The van der Waals surface area contributed by atoms with E-state index in [1.54, 1.807) is 4.68 Å². The number of aromatic nitrogens is 4. The minimum absolute atomic E-state index is 0.0465. The van der Waals surface area contributed by atoms with Gasteiger partial charge < -0.3 is 5.32 Å². The van der Waals surface area contributed by atoms with Crippen LogP contribution >= 0.6 is 0 Å². The predicted octanol–water partition coefficient (Wildman–Crippen LogP) is 2.39. The Hall–Kier alpha value is -2.45. The summed E-state index contributed by atoms with van der Waals surface area (Å²) >= 11 is 0. The van der Waals surface area contributed by atoms with Gasteiger partial charge in [-0.15, -0.1) is 0 Å². The zero-order valence-electron chi connectivity index (χ0n) is 13.6. The number of halogens is 3. The molecule has 0 spiro atoms. The van der Waals surface area contributed by atoms with E-state index >= 15 is 0 Å². The molecule has 2 atom stereocenters. The van der Waals surface area contributed by atoms with Crippen molar-refractivity contribution in [2.45, 2.75) is 44.3 Å². The lowest BCUT2D eigenvalue weighted by Gasteiger charge is -2.28. The molecule has 4 rings (SSSR count). The van der Waals surface area contributed by atoms with Crippen LogP contribution < -0.4 is 5.32 Å². The number of nitrogens with zero attached hydrogens (tertiary/aromatic N) is 4. The van der Waals surface area contributed by atoms with E-state index in [1.807, 2.05) is 0 Å². The van der Waals surface area contributed by atoms with Crippen LogP contribution in [0.3, 0.4) is 0 Å². The molecule has 0 radical (unpaired) electrons. The van der Waals surface area contributed by atoms with Crippen LogP contribution in [0.15, 0.2) is 18.6 Å². The largest absolute Gasteiger partial charge is 0.410 e. The molecule has 1 fully saturated rings. The molecule has 0 aliphatic heterocycles. The van der Waals surface area contributed by atoms with E-state index < -0.39 is 17.6 Å². The second kappa shape index (κ2) is 5.03. The molecule has 2 aliphatic rings. The zero-order chi connectivity index (χ0) is 18.0. The Morgan fingerprint density at radius 3 is 2.72 bits per heavy atom. The molecule has 0 aromatic carbocycles. The van der Waals surface area contributed by atoms with Crippen molar-refractivity contribution >= 4 is 5.91 Å². The fraction of sp³-hybridized carbons (Fsp3) is 0.500. The Morgan fingerprint density at radius 2 is 2.08 bits per heavy atom. The summed E-state index contributed by atoms with van der Waals surface area (Å²) in [5.74, 6) is 0.378. The van der Waals surface area contributed by atoms with Gasteiger partial charge in [-0.3, -0.25) is 9.78 Å². The zero-order valence-corrected chi connectivity index (χ0v) is 13.6. The van der Waals surface area contributed by atoms with E-state index in [1.165, 1.54) is 18.6 Å². The normalized spacial score (nSPS) is 21.6. The molecule has 0 bridgehead atoms. The highest BCUT2D eigenvalue weighted by atomic mass is 19.4. The van der Waals surface area contributed by atoms with Crippen molar-refractivity contribution < 1.29 is 18.0 Å². The van der Waals surface area contributed by atoms with Crippen molar-refractivity contribution in [2.75, 3.05) is 0 Å². The maximum Gasteiger partial charge on any atom is 0.410 e. The molecule has 0 saturated heterocycles. The van der Waals surface area contributed by atoms with E-state index in [2.05, 4.69) is 20.4 Å². The number of fused-ring (bicyclic) bond motifs is 3. The quantitative estimate of drug-likeness (QED) is 0.922. The molecular weight excluding hydrogens is 335 g/mol. The van der Waals surface area contributed by atoms with Crippen molar-refractivity contribution in [3.8, 4) is 5.82 Å². The number of hydrogen-bond acceptors (Lipinski definition) is 4. The van der Waals surface area contributed by atoms with Crippen LogP contribution in [0, 0.1) is 5.92 Å². The Bertz CT molecular complexity index is 843. The molecule has 132 valence electrons. The van der Waals surface area contributed by atoms with E-state index in [0.717, 1.165) is 31.5 Å². The van der Waals surface area contributed by atoms with Crippen LogP contribution in [0.2, 0.25) is 0 Å².